The van der Waals surface area contributed by atoms with Crippen LogP contribution in [0.1, 0.15) is 0 Å². The molecule has 1 aliphatic carbocycles. The third-order valence-corrected chi connectivity index (χ3v) is 5.29. The third-order valence-electron chi connectivity index (χ3n) is 5.29. The molecule has 214 valence electrons. The molecule has 1 nitrogen and oxygen atoms in total. The molecule has 0 aromatic rings. The molecule has 2 rings (SSSR count). The Hall–Kier alpha value is -1.65. The van der Waals surface area contributed by atoms with Crippen LogP contribution in [-0.4, -0.2) is 76.1 Å². The minimum absolute atomic E-state index is 5.22. The number of nitrogens with zero attached hydrogens (tertiary/aromatic N) is 1. The van der Waals surface area contributed by atoms with E-state index in [9.17, 15) is 101 Å². The van der Waals surface area contributed by atoms with Crippen LogP contribution in [0, 0.1) is 0 Å². The van der Waals surface area contributed by atoms with E-state index in [1.807, 2.05) is 0 Å². The second kappa shape index (κ2) is 6.49. The average Bonchev–Trinajstić information content (AvgIpc) is 2.62. The Labute approximate surface area is 178 Å². The number of rotatable bonds is 1. The van der Waals surface area contributed by atoms with E-state index in [1.165, 1.54) is 0 Å². The van der Waals surface area contributed by atoms with Gasteiger partial charge < -0.3 is 0 Å². The summed E-state index contributed by atoms with van der Waals surface area (Å²) in [4.78, 5) is -5.22. The van der Waals surface area contributed by atoms with Crippen LogP contribution in [0.15, 0.2) is 0 Å². The molecule has 0 bridgehead atoms. The Morgan fingerprint density at radius 3 is 0.806 bits per heavy atom. The standard InChI is InChI=1S/C12F23N/c13-1(10(29,30)31)2(14,15)5(20,21)9(28,6(22,23)3(1,16)17)36-11(32,33)7(24,25)4(18,19)8(26,27)12(36,34)35. The minimum atomic E-state index is -9.29. The van der Waals surface area contributed by atoms with Crippen LogP contribution in [0.4, 0.5) is 101 Å². The summed E-state index contributed by atoms with van der Waals surface area (Å²) < 4.78 is 312. The number of piperidine rings is 1. The smallest absolute Gasteiger partial charge is 0.219 e. The van der Waals surface area contributed by atoms with E-state index < -0.39 is 76.1 Å². The van der Waals surface area contributed by atoms with Gasteiger partial charge in [0.2, 0.25) is 0 Å². The van der Waals surface area contributed by atoms with Crippen LogP contribution < -0.4 is 0 Å². The molecular formula is C12F23N. The molecule has 0 aromatic carbocycles. The molecular weight excluding hydrogens is 595 g/mol. The Morgan fingerprint density at radius 1 is 0.333 bits per heavy atom. The van der Waals surface area contributed by atoms with Crippen molar-refractivity contribution in [1.29, 1.82) is 0 Å². The fourth-order valence-corrected chi connectivity index (χ4v) is 3.30. The van der Waals surface area contributed by atoms with E-state index in [0.29, 0.717) is 0 Å². The first-order valence-electron chi connectivity index (χ1n) is 7.77. The van der Waals surface area contributed by atoms with Crippen LogP contribution in [-0.2, 0) is 0 Å². The molecule has 0 radical (unpaired) electrons. The zero-order valence-electron chi connectivity index (χ0n) is 15.1. The second-order valence-electron chi connectivity index (χ2n) is 7.22. The molecule has 1 saturated carbocycles. The zero-order chi connectivity index (χ0) is 29.6. The van der Waals surface area contributed by atoms with Crippen molar-refractivity contribution in [2.24, 2.45) is 0 Å². The van der Waals surface area contributed by atoms with Gasteiger partial charge >= 0.3 is 71.2 Å². The molecule has 2 fully saturated rings. The maximum absolute atomic E-state index is 14.7. The molecule has 1 aliphatic heterocycles. The summed E-state index contributed by atoms with van der Waals surface area (Å²) >= 11 is 0. The van der Waals surface area contributed by atoms with Crippen molar-refractivity contribution in [3.63, 3.8) is 0 Å². The van der Waals surface area contributed by atoms with E-state index >= 15 is 0 Å². The monoisotopic (exact) mass is 595 g/mol. The highest BCUT2D eigenvalue weighted by Gasteiger charge is 3.10. The number of likely N-dealkylation sites (tertiary alicyclic amines) is 1. The van der Waals surface area contributed by atoms with Gasteiger partial charge in [0, 0.05) is 0 Å². The third kappa shape index (κ3) is 2.39. The predicted molar refractivity (Wildman–Crippen MR) is 60.1 cm³/mol. The van der Waals surface area contributed by atoms with Gasteiger partial charge in [-0.1, -0.05) is 0 Å². The first-order valence-corrected chi connectivity index (χ1v) is 7.77. The largest absolute Gasteiger partial charge is 0.435 e. The Morgan fingerprint density at radius 2 is 0.583 bits per heavy atom. The molecule has 0 amide bonds. The molecule has 24 heteroatoms. The normalized spacial score (nSPS) is 39.4. The topological polar surface area (TPSA) is 3.24 Å². The first kappa shape index (κ1) is 30.6. The maximum Gasteiger partial charge on any atom is 0.435 e. The summed E-state index contributed by atoms with van der Waals surface area (Å²) in [6.45, 7) is 0. The van der Waals surface area contributed by atoms with Gasteiger partial charge in [0.25, 0.3) is 0 Å². The fraction of sp³-hybridized carbons (Fsp3) is 1.00. The summed E-state index contributed by atoms with van der Waals surface area (Å²) in [5, 5.41) is 0. The first-order chi connectivity index (χ1) is 15.1. The summed E-state index contributed by atoms with van der Waals surface area (Å²) in [6.07, 6.45) is -8.43. The number of alkyl halides is 23. The number of halogens is 23. The zero-order valence-corrected chi connectivity index (χ0v) is 15.1. The highest BCUT2D eigenvalue weighted by Crippen LogP contribution is 2.76. The van der Waals surface area contributed by atoms with Crippen LogP contribution in [0.3, 0.4) is 0 Å². The van der Waals surface area contributed by atoms with E-state index in [0.717, 1.165) is 0 Å². The van der Waals surface area contributed by atoms with Crippen molar-refractivity contribution >= 4 is 0 Å². The molecule has 0 N–H and O–H groups in total. The van der Waals surface area contributed by atoms with Gasteiger partial charge in [-0.25, -0.2) is 8.78 Å². The fourth-order valence-electron chi connectivity index (χ4n) is 3.30. The lowest BCUT2D eigenvalue weighted by molar-refractivity contribution is -0.580. The SMILES string of the molecule is FC(F)(F)C1(F)C(F)(F)C(F)(F)C(F)(N2C(F)(F)C(F)(F)C(F)(F)C(F)(F)C2(F)F)C(F)(F)C1(F)F. The molecule has 0 aromatic heterocycles. The van der Waals surface area contributed by atoms with Crippen molar-refractivity contribution in [2.75, 3.05) is 0 Å². The summed E-state index contributed by atoms with van der Waals surface area (Å²) in [5.74, 6) is -71.0. The van der Waals surface area contributed by atoms with Crippen molar-refractivity contribution in [2.45, 2.75) is 71.2 Å². The van der Waals surface area contributed by atoms with E-state index in [4.69, 9.17) is 0 Å². The molecule has 36 heavy (non-hydrogen) atoms. The van der Waals surface area contributed by atoms with Gasteiger partial charge in [-0.15, -0.1) is 4.90 Å². The number of hydrogen-bond donors (Lipinski definition) is 0. The lowest BCUT2D eigenvalue weighted by Crippen LogP contribution is -2.95. The molecule has 1 saturated heterocycles. The maximum atomic E-state index is 14.7. The van der Waals surface area contributed by atoms with Crippen molar-refractivity contribution in [3.05, 3.63) is 0 Å². The van der Waals surface area contributed by atoms with Gasteiger partial charge in [0.15, 0.2) is 0 Å². The Bertz CT molecular complexity index is 866. The molecule has 0 spiro atoms. The van der Waals surface area contributed by atoms with Gasteiger partial charge in [0.1, 0.15) is 0 Å². The predicted octanol–water partition coefficient (Wildman–Crippen LogP) is 6.88. The van der Waals surface area contributed by atoms with Crippen LogP contribution in [0.2, 0.25) is 0 Å². The Balaban J connectivity index is 3.21. The Kier molecular flexibility index (Phi) is 5.51. The second-order valence-corrected chi connectivity index (χ2v) is 7.22. The quantitative estimate of drug-likeness (QED) is 0.236. The van der Waals surface area contributed by atoms with Gasteiger partial charge in [0.05, 0.1) is 0 Å². The summed E-state index contributed by atoms with van der Waals surface area (Å²) in [5.41, 5.74) is -8.81. The summed E-state index contributed by atoms with van der Waals surface area (Å²) in [7, 11) is 0. The molecule has 0 unspecified atom stereocenters. The van der Waals surface area contributed by atoms with Gasteiger partial charge in [-0.05, 0) is 0 Å². The minimum Gasteiger partial charge on any atom is -0.219 e. The lowest BCUT2D eigenvalue weighted by atomic mass is 9.68. The van der Waals surface area contributed by atoms with E-state index in [2.05, 4.69) is 0 Å². The molecule has 2 aliphatic rings. The van der Waals surface area contributed by atoms with Gasteiger partial charge in [-0.3, -0.25) is 0 Å². The van der Waals surface area contributed by atoms with Crippen LogP contribution in [0.25, 0.3) is 0 Å². The summed E-state index contributed by atoms with van der Waals surface area (Å²) in [6, 6.07) is -17.5. The number of hydrogen-bond acceptors (Lipinski definition) is 1. The van der Waals surface area contributed by atoms with Crippen LogP contribution >= 0.6 is 0 Å². The van der Waals surface area contributed by atoms with Crippen molar-refractivity contribution in [3.8, 4) is 0 Å². The van der Waals surface area contributed by atoms with E-state index in [1.54, 1.807) is 0 Å². The lowest BCUT2D eigenvalue weighted by Gasteiger charge is -2.61. The molecule has 0 atom stereocenters. The van der Waals surface area contributed by atoms with Crippen molar-refractivity contribution < 1.29 is 101 Å². The van der Waals surface area contributed by atoms with Gasteiger partial charge in [-0.2, -0.15) is 92.2 Å². The highest BCUT2D eigenvalue weighted by molar-refractivity contribution is 5.33. The van der Waals surface area contributed by atoms with E-state index in [-0.39, 0.29) is 0 Å². The van der Waals surface area contributed by atoms with Crippen molar-refractivity contribution in [1.82, 2.24) is 4.90 Å². The average molecular weight is 595 g/mol. The molecule has 1 heterocycles. The highest BCUT2D eigenvalue weighted by atomic mass is 19.4. The van der Waals surface area contributed by atoms with Crippen LogP contribution in [0.5, 0.6) is 0 Å².